The second-order valence-corrected chi connectivity index (χ2v) is 4.83. The highest BCUT2D eigenvalue weighted by molar-refractivity contribution is 5.82. The fourth-order valence-electron chi connectivity index (χ4n) is 1.93. The van der Waals surface area contributed by atoms with Crippen molar-refractivity contribution in [2.75, 3.05) is 32.5 Å². The molecule has 1 aromatic carbocycles. The lowest BCUT2D eigenvalue weighted by molar-refractivity contribution is 0.405. The standard InChI is InChI=1S/C14H18FN3O/c1-18(2)7-3-6-16-13-9-12-10(8-11(13)15)4-5-14(19)17-12/h4-5,8-9,16H,3,6-7H2,1-2H3,(H,17,19). The van der Waals surface area contributed by atoms with Crippen molar-refractivity contribution in [3.8, 4) is 0 Å². The molecule has 5 heteroatoms. The van der Waals surface area contributed by atoms with Gasteiger partial charge in [-0.2, -0.15) is 0 Å². The molecule has 102 valence electrons. The molecule has 0 amide bonds. The van der Waals surface area contributed by atoms with Crippen LogP contribution < -0.4 is 10.9 Å². The molecule has 0 aliphatic carbocycles. The number of fused-ring (bicyclic) bond motifs is 1. The van der Waals surface area contributed by atoms with Gasteiger partial charge in [-0.1, -0.05) is 0 Å². The molecule has 0 atom stereocenters. The molecule has 0 unspecified atom stereocenters. The molecule has 2 rings (SSSR count). The monoisotopic (exact) mass is 263 g/mol. The third kappa shape index (κ3) is 3.54. The lowest BCUT2D eigenvalue weighted by Gasteiger charge is -2.11. The van der Waals surface area contributed by atoms with Gasteiger partial charge in [0.05, 0.1) is 11.2 Å². The molecule has 2 N–H and O–H groups in total. The molecule has 0 radical (unpaired) electrons. The van der Waals surface area contributed by atoms with Crippen molar-refractivity contribution in [2.24, 2.45) is 0 Å². The highest BCUT2D eigenvalue weighted by Crippen LogP contribution is 2.20. The van der Waals surface area contributed by atoms with Gasteiger partial charge in [-0.25, -0.2) is 4.39 Å². The summed E-state index contributed by atoms with van der Waals surface area (Å²) in [4.78, 5) is 16.0. The third-order valence-electron chi connectivity index (χ3n) is 2.91. The number of nitrogens with one attached hydrogen (secondary N) is 2. The van der Waals surface area contributed by atoms with Crippen LogP contribution in [0.15, 0.2) is 29.1 Å². The van der Waals surface area contributed by atoms with Crippen molar-refractivity contribution in [1.29, 1.82) is 0 Å². The van der Waals surface area contributed by atoms with Crippen molar-refractivity contribution in [3.05, 3.63) is 40.4 Å². The van der Waals surface area contributed by atoms with Crippen LogP contribution in [0.2, 0.25) is 0 Å². The van der Waals surface area contributed by atoms with E-state index in [2.05, 4.69) is 15.2 Å². The molecule has 0 saturated carbocycles. The van der Waals surface area contributed by atoms with Crippen molar-refractivity contribution in [2.45, 2.75) is 6.42 Å². The van der Waals surface area contributed by atoms with Crippen molar-refractivity contribution in [1.82, 2.24) is 9.88 Å². The van der Waals surface area contributed by atoms with Crippen LogP contribution in [0, 0.1) is 5.82 Å². The molecule has 1 heterocycles. The predicted molar refractivity (Wildman–Crippen MR) is 76.2 cm³/mol. The molecule has 0 aliphatic heterocycles. The van der Waals surface area contributed by atoms with E-state index in [9.17, 15) is 9.18 Å². The largest absolute Gasteiger partial charge is 0.383 e. The van der Waals surface area contributed by atoms with E-state index in [-0.39, 0.29) is 11.4 Å². The normalized spacial score (nSPS) is 11.2. The van der Waals surface area contributed by atoms with E-state index in [4.69, 9.17) is 0 Å². The van der Waals surface area contributed by atoms with Crippen molar-refractivity contribution < 1.29 is 4.39 Å². The Morgan fingerprint density at radius 1 is 1.32 bits per heavy atom. The van der Waals surface area contributed by atoms with Crippen LogP contribution in [0.5, 0.6) is 0 Å². The molecule has 0 spiro atoms. The van der Waals surface area contributed by atoms with Gasteiger partial charge in [-0.05, 0) is 45.3 Å². The van der Waals surface area contributed by atoms with Gasteiger partial charge in [0.25, 0.3) is 0 Å². The van der Waals surface area contributed by atoms with Gasteiger partial charge in [0.1, 0.15) is 5.82 Å². The minimum Gasteiger partial charge on any atom is -0.383 e. The first-order chi connectivity index (χ1) is 9.06. The summed E-state index contributed by atoms with van der Waals surface area (Å²) in [7, 11) is 4.00. The summed E-state index contributed by atoms with van der Waals surface area (Å²) in [5, 5.41) is 3.75. The van der Waals surface area contributed by atoms with Gasteiger partial charge < -0.3 is 15.2 Å². The van der Waals surface area contributed by atoms with Gasteiger partial charge in [0, 0.05) is 18.0 Å². The molecule has 19 heavy (non-hydrogen) atoms. The summed E-state index contributed by atoms with van der Waals surface area (Å²) in [6.45, 7) is 1.64. The zero-order valence-corrected chi connectivity index (χ0v) is 11.2. The predicted octanol–water partition coefficient (Wildman–Crippen LogP) is 2.03. The molecule has 4 nitrogen and oxygen atoms in total. The maximum atomic E-state index is 13.8. The highest BCUT2D eigenvalue weighted by Gasteiger charge is 2.05. The Bertz CT molecular complexity index is 622. The topological polar surface area (TPSA) is 48.1 Å². The quantitative estimate of drug-likeness (QED) is 0.811. The lowest BCUT2D eigenvalue weighted by atomic mass is 10.2. The summed E-state index contributed by atoms with van der Waals surface area (Å²) in [6.07, 6.45) is 0.926. The van der Waals surface area contributed by atoms with Gasteiger partial charge in [-0.3, -0.25) is 4.79 Å². The molecule has 0 aliphatic rings. The first-order valence-electron chi connectivity index (χ1n) is 6.27. The number of H-pyrrole nitrogens is 1. The molecule has 1 aromatic heterocycles. The van der Waals surface area contributed by atoms with E-state index in [1.807, 2.05) is 14.1 Å². The average Bonchev–Trinajstić information content (AvgIpc) is 2.35. The van der Waals surface area contributed by atoms with E-state index in [0.29, 0.717) is 23.1 Å². The number of halogens is 1. The Balaban J connectivity index is 2.14. The van der Waals surface area contributed by atoms with E-state index in [1.165, 1.54) is 12.1 Å². The Labute approximate surface area is 111 Å². The van der Waals surface area contributed by atoms with Gasteiger partial charge in [0.15, 0.2) is 0 Å². The van der Waals surface area contributed by atoms with Crippen molar-refractivity contribution >= 4 is 16.6 Å². The van der Waals surface area contributed by atoms with E-state index in [0.717, 1.165) is 13.0 Å². The number of benzene rings is 1. The number of nitrogens with zero attached hydrogens (tertiary/aromatic N) is 1. The Hall–Kier alpha value is -1.88. The van der Waals surface area contributed by atoms with Gasteiger partial charge >= 0.3 is 0 Å². The number of hydrogen-bond acceptors (Lipinski definition) is 3. The Kier molecular flexibility index (Phi) is 4.16. The van der Waals surface area contributed by atoms with Crippen LogP contribution in [0.25, 0.3) is 10.9 Å². The number of pyridine rings is 1. The number of aromatic nitrogens is 1. The second-order valence-electron chi connectivity index (χ2n) is 4.83. The Morgan fingerprint density at radius 3 is 2.84 bits per heavy atom. The van der Waals surface area contributed by atoms with Gasteiger partial charge in [0.2, 0.25) is 5.56 Å². The number of aromatic amines is 1. The first kappa shape index (κ1) is 13.5. The smallest absolute Gasteiger partial charge is 0.248 e. The zero-order valence-electron chi connectivity index (χ0n) is 11.2. The fourth-order valence-corrected chi connectivity index (χ4v) is 1.93. The minimum absolute atomic E-state index is 0.183. The van der Waals surface area contributed by atoms with E-state index in [1.54, 1.807) is 12.1 Å². The minimum atomic E-state index is -0.301. The SMILES string of the molecule is CN(C)CCCNc1cc2[nH]c(=O)ccc2cc1F. The number of hydrogen-bond donors (Lipinski definition) is 2. The highest BCUT2D eigenvalue weighted by atomic mass is 19.1. The van der Waals surface area contributed by atoms with Crippen LogP contribution in [0.1, 0.15) is 6.42 Å². The maximum Gasteiger partial charge on any atom is 0.248 e. The van der Waals surface area contributed by atoms with Crippen LogP contribution in [0.4, 0.5) is 10.1 Å². The van der Waals surface area contributed by atoms with Crippen LogP contribution >= 0.6 is 0 Å². The molecule has 0 bridgehead atoms. The molecular weight excluding hydrogens is 245 g/mol. The van der Waals surface area contributed by atoms with Crippen LogP contribution in [-0.2, 0) is 0 Å². The summed E-state index contributed by atoms with van der Waals surface area (Å²) in [6, 6.07) is 6.08. The number of rotatable bonds is 5. The second kappa shape index (κ2) is 5.84. The van der Waals surface area contributed by atoms with Gasteiger partial charge in [-0.15, -0.1) is 0 Å². The van der Waals surface area contributed by atoms with E-state index < -0.39 is 0 Å². The molecule has 2 aromatic rings. The van der Waals surface area contributed by atoms with Crippen LogP contribution in [-0.4, -0.2) is 37.1 Å². The fraction of sp³-hybridized carbons (Fsp3) is 0.357. The average molecular weight is 263 g/mol. The lowest BCUT2D eigenvalue weighted by Crippen LogP contribution is -2.16. The van der Waals surface area contributed by atoms with Crippen LogP contribution in [0.3, 0.4) is 0 Å². The summed E-state index contributed by atoms with van der Waals surface area (Å²) in [5.41, 5.74) is 0.884. The molecule has 0 fully saturated rings. The summed E-state index contributed by atoms with van der Waals surface area (Å²) in [5.74, 6) is -0.301. The first-order valence-corrected chi connectivity index (χ1v) is 6.27. The molecule has 0 saturated heterocycles. The Morgan fingerprint density at radius 2 is 2.11 bits per heavy atom. The molecular formula is C14H18FN3O. The summed E-state index contributed by atoms with van der Waals surface area (Å²) < 4.78 is 13.8. The third-order valence-corrected chi connectivity index (χ3v) is 2.91. The summed E-state index contributed by atoms with van der Waals surface area (Å²) >= 11 is 0. The van der Waals surface area contributed by atoms with Crippen molar-refractivity contribution in [3.63, 3.8) is 0 Å². The maximum absolute atomic E-state index is 13.8. The van der Waals surface area contributed by atoms with E-state index >= 15 is 0 Å². The number of anilines is 1. The zero-order chi connectivity index (χ0) is 13.8.